The molecule has 0 saturated carbocycles. The summed E-state index contributed by atoms with van der Waals surface area (Å²) in [6.45, 7) is -0.551. The zero-order valence-corrected chi connectivity index (χ0v) is 3.95. The van der Waals surface area contributed by atoms with Gasteiger partial charge in [-0.1, -0.05) is 11.6 Å². The molecule has 38 valence electrons. The first kappa shape index (κ1) is 6.18. The van der Waals surface area contributed by atoms with Crippen LogP contribution < -0.4 is 0 Å². The van der Waals surface area contributed by atoms with Gasteiger partial charge < -0.3 is 5.11 Å². The monoisotopic (exact) mass is 112 g/mol. The molecule has 1 N–H and O–H groups in total. The van der Waals surface area contributed by atoms with Crippen molar-refractivity contribution in [1.29, 1.82) is 0 Å². The van der Waals surface area contributed by atoms with Crippen LogP contribution >= 0.6 is 11.6 Å². The molecule has 3 heteroatoms. The summed E-state index contributed by atoms with van der Waals surface area (Å²) in [5.41, 5.74) is -1.00. The molecule has 0 bridgehead atoms. The molecule has 0 aromatic heterocycles. The molecule has 0 saturated heterocycles. The molecule has 0 rings (SSSR count). The summed E-state index contributed by atoms with van der Waals surface area (Å²) in [6.07, 6.45) is 0.0293. The fraction of sp³-hybridized carbons (Fsp3) is 1.00. The molecule has 0 fully saturated rings. The van der Waals surface area contributed by atoms with Crippen LogP contribution in [-0.2, 0) is 0 Å². The predicted molar refractivity (Wildman–Crippen MR) is 22.5 cm³/mol. The maximum absolute atomic E-state index is 11.0. The van der Waals surface area contributed by atoms with Crippen molar-refractivity contribution < 1.29 is 9.50 Å². The van der Waals surface area contributed by atoms with E-state index in [1.165, 1.54) is 0 Å². The lowest BCUT2D eigenvalue weighted by Gasteiger charge is -1.90. The molecular formula is C3H6ClFO. The molecular weight excluding hydrogens is 106 g/mol. The van der Waals surface area contributed by atoms with Crippen molar-refractivity contribution in [2.75, 3.05) is 6.67 Å². The van der Waals surface area contributed by atoms with Gasteiger partial charge in [-0.3, -0.25) is 4.39 Å². The van der Waals surface area contributed by atoms with Gasteiger partial charge in [0.1, 0.15) is 5.56 Å². The van der Waals surface area contributed by atoms with Crippen LogP contribution in [0.1, 0.15) is 6.42 Å². The standard InChI is InChI=1S/C3H6ClFO/c4-3(6)1-2-5/h3,6H,1-2H2/t3-/m0/s1. The summed E-state index contributed by atoms with van der Waals surface area (Å²) in [5.74, 6) is 0. The summed E-state index contributed by atoms with van der Waals surface area (Å²) in [6, 6.07) is 0. The van der Waals surface area contributed by atoms with Gasteiger partial charge in [0.05, 0.1) is 6.67 Å². The lowest BCUT2D eigenvalue weighted by molar-refractivity contribution is 0.230. The van der Waals surface area contributed by atoms with E-state index in [0.29, 0.717) is 0 Å². The largest absolute Gasteiger partial charge is 0.378 e. The molecule has 0 aliphatic carbocycles. The highest BCUT2D eigenvalue weighted by Crippen LogP contribution is 1.94. The summed E-state index contributed by atoms with van der Waals surface area (Å²) >= 11 is 4.89. The van der Waals surface area contributed by atoms with Crippen molar-refractivity contribution >= 4 is 11.6 Å². The minimum Gasteiger partial charge on any atom is -0.378 e. The molecule has 0 aromatic carbocycles. The summed E-state index contributed by atoms with van der Waals surface area (Å²) in [7, 11) is 0. The number of aliphatic hydroxyl groups is 1. The van der Waals surface area contributed by atoms with Crippen LogP contribution in [0, 0.1) is 0 Å². The minimum absolute atomic E-state index is 0.0293. The van der Waals surface area contributed by atoms with E-state index >= 15 is 0 Å². The molecule has 0 aromatic rings. The highest BCUT2D eigenvalue weighted by Gasteiger charge is 1.92. The minimum atomic E-state index is -1.00. The topological polar surface area (TPSA) is 20.2 Å². The third-order valence-electron chi connectivity index (χ3n) is 0.347. The zero-order chi connectivity index (χ0) is 4.99. The lowest BCUT2D eigenvalue weighted by atomic mass is 10.5. The fourth-order valence-electron chi connectivity index (χ4n) is 0.0900. The molecule has 0 aliphatic heterocycles. The highest BCUT2D eigenvalue weighted by molar-refractivity contribution is 6.19. The molecule has 6 heavy (non-hydrogen) atoms. The van der Waals surface area contributed by atoms with E-state index in [-0.39, 0.29) is 6.42 Å². The van der Waals surface area contributed by atoms with E-state index in [0.717, 1.165) is 0 Å². The van der Waals surface area contributed by atoms with Gasteiger partial charge in [0, 0.05) is 6.42 Å². The Labute approximate surface area is 40.7 Å². The third-order valence-corrected chi connectivity index (χ3v) is 0.566. The Hall–Kier alpha value is 0.180. The molecule has 1 nitrogen and oxygen atoms in total. The van der Waals surface area contributed by atoms with E-state index in [9.17, 15) is 4.39 Å². The second-order valence-corrected chi connectivity index (χ2v) is 1.42. The van der Waals surface area contributed by atoms with Gasteiger partial charge in [-0.15, -0.1) is 0 Å². The van der Waals surface area contributed by atoms with Crippen LogP contribution in [0.25, 0.3) is 0 Å². The molecule has 0 aliphatic rings. The SMILES string of the molecule is O[C@H](Cl)CCF. The first-order valence-electron chi connectivity index (χ1n) is 1.65. The Morgan fingerprint density at radius 3 is 2.33 bits per heavy atom. The van der Waals surface area contributed by atoms with Crippen LogP contribution in [0.4, 0.5) is 4.39 Å². The number of hydrogen-bond donors (Lipinski definition) is 1. The fourth-order valence-corrected chi connectivity index (χ4v) is 0.173. The number of alkyl halides is 2. The van der Waals surface area contributed by atoms with Gasteiger partial charge in [0.15, 0.2) is 0 Å². The predicted octanol–water partition coefficient (Wildman–Crippen LogP) is 0.903. The maximum atomic E-state index is 11.0. The smallest absolute Gasteiger partial charge is 0.130 e. The maximum Gasteiger partial charge on any atom is 0.130 e. The Balaban J connectivity index is 2.63. The summed E-state index contributed by atoms with van der Waals surface area (Å²) in [4.78, 5) is 0. The van der Waals surface area contributed by atoms with Crippen molar-refractivity contribution in [1.82, 2.24) is 0 Å². The van der Waals surface area contributed by atoms with Crippen molar-refractivity contribution in [3.8, 4) is 0 Å². The van der Waals surface area contributed by atoms with E-state index in [1.807, 2.05) is 0 Å². The van der Waals surface area contributed by atoms with Crippen LogP contribution in [0.2, 0.25) is 0 Å². The van der Waals surface area contributed by atoms with Gasteiger partial charge in [0.25, 0.3) is 0 Å². The van der Waals surface area contributed by atoms with Crippen molar-refractivity contribution in [2.45, 2.75) is 12.0 Å². The number of halogens is 2. The molecule has 0 spiro atoms. The van der Waals surface area contributed by atoms with Crippen LogP contribution in [-0.4, -0.2) is 17.3 Å². The van der Waals surface area contributed by atoms with Crippen LogP contribution in [0.3, 0.4) is 0 Å². The Bertz CT molecular complexity index is 32.0. The second kappa shape index (κ2) is 3.37. The van der Waals surface area contributed by atoms with E-state index in [4.69, 9.17) is 16.7 Å². The first-order valence-corrected chi connectivity index (χ1v) is 2.09. The Kier molecular flexibility index (Phi) is 3.47. The van der Waals surface area contributed by atoms with E-state index in [1.54, 1.807) is 0 Å². The lowest BCUT2D eigenvalue weighted by Crippen LogP contribution is -1.94. The molecule has 0 amide bonds. The highest BCUT2D eigenvalue weighted by atomic mass is 35.5. The number of rotatable bonds is 2. The molecule has 0 unspecified atom stereocenters. The van der Waals surface area contributed by atoms with E-state index in [2.05, 4.69) is 0 Å². The van der Waals surface area contributed by atoms with E-state index < -0.39 is 12.2 Å². The van der Waals surface area contributed by atoms with Crippen molar-refractivity contribution in [3.63, 3.8) is 0 Å². The number of aliphatic hydroxyl groups excluding tert-OH is 1. The van der Waals surface area contributed by atoms with Gasteiger partial charge in [-0.25, -0.2) is 0 Å². The second-order valence-electron chi connectivity index (χ2n) is 0.912. The van der Waals surface area contributed by atoms with Crippen molar-refractivity contribution in [3.05, 3.63) is 0 Å². The van der Waals surface area contributed by atoms with Gasteiger partial charge in [-0.2, -0.15) is 0 Å². The van der Waals surface area contributed by atoms with Crippen LogP contribution in [0.5, 0.6) is 0 Å². The molecule has 0 radical (unpaired) electrons. The van der Waals surface area contributed by atoms with Gasteiger partial charge in [0.2, 0.25) is 0 Å². The molecule has 0 heterocycles. The average Bonchev–Trinajstić information content (AvgIpc) is 1.35. The third kappa shape index (κ3) is 4.18. The van der Waals surface area contributed by atoms with Crippen molar-refractivity contribution in [2.24, 2.45) is 0 Å². The summed E-state index contributed by atoms with van der Waals surface area (Å²) in [5, 5.41) is 8.08. The van der Waals surface area contributed by atoms with Crippen LogP contribution in [0.15, 0.2) is 0 Å². The Morgan fingerprint density at radius 2 is 2.33 bits per heavy atom. The molecule has 1 atom stereocenters. The first-order chi connectivity index (χ1) is 2.77. The van der Waals surface area contributed by atoms with Gasteiger partial charge >= 0.3 is 0 Å². The summed E-state index contributed by atoms with van der Waals surface area (Å²) < 4.78 is 11.0. The zero-order valence-electron chi connectivity index (χ0n) is 3.19. The van der Waals surface area contributed by atoms with Gasteiger partial charge in [-0.05, 0) is 0 Å². The quantitative estimate of drug-likeness (QED) is 0.527. The normalized spacial score (nSPS) is 14.5. The Morgan fingerprint density at radius 1 is 1.83 bits per heavy atom. The number of hydrogen-bond acceptors (Lipinski definition) is 1. The average molecular weight is 113 g/mol.